The maximum Gasteiger partial charge on any atom is 0.162 e. The fourth-order valence-corrected chi connectivity index (χ4v) is 2.68. The van der Waals surface area contributed by atoms with Gasteiger partial charge in [0.15, 0.2) is 11.5 Å². The van der Waals surface area contributed by atoms with Crippen LogP contribution in [0.5, 0.6) is 11.5 Å². The van der Waals surface area contributed by atoms with Gasteiger partial charge in [-0.3, -0.25) is 4.98 Å². The molecule has 20 heavy (non-hydrogen) atoms. The zero-order valence-corrected chi connectivity index (χ0v) is 11.7. The van der Waals surface area contributed by atoms with Crippen LogP contribution in [0.4, 0.5) is 5.69 Å². The number of ether oxygens (including phenoxy) is 2. The molecule has 1 unspecified atom stereocenters. The summed E-state index contributed by atoms with van der Waals surface area (Å²) in [6.45, 7) is 0. The monoisotopic (exact) mass is 270 g/mol. The molecule has 0 saturated heterocycles. The van der Waals surface area contributed by atoms with Crippen molar-refractivity contribution in [1.29, 1.82) is 0 Å². The van der Waals surface area contributed by atoms with E-state index in [2.05, 4.69) is 16.4 Å². The van der Waals surface area contributed by atoms with Crippen molar-refractivity contribution in [1.82, 2.24) is 4.98 Å². The first-order chi connectivity index (χ1) is 9.81. The first-order valence-electron chi connectivity index (χ1n) is 6.74. The summed E-state index contributed by atoms with van der Waals surface area (Å²) < 4.78 is 10.6. The Kier molecular flexibility index (Phi) is 3.46. The third-order valence-corrected chi connectivity index (χ3v) is 3.68. The Morgan fingerprint density at radius 1 is 1.15 bits per heavy atom. The van der Waals surface area contributed by atoms with E-state index < -0.39 is 0 Å². The summed E-state index contributed by atoms with van der Waals surface area (Å²) in [7, 11) is 3.29. The molecule has 1 aromatic heterocycles. The molecule has 3 rings (SSSR count). The van der Waals surface area contributed by atoms with E-state index in [1.807, 2.05) is 30.5 Å². The van der Waals surface area contributed by atoms with E-state index in [-0.39, 0.29) is 6.04 Å². The Bertz CT molecular complexity index is 613. The van der Waals surface area contributed by atoms with E-state index in [0.717, 1.165) is 35.7 Å². The zero-order chi connectivity index (χ0) is 13.9. The smallest absolute Gasteiger partial charge is 0.162 e. The van der Waals surface area contributed by atoms with Gasteiger partial charge >= 0.3 is 0 Å². The molecule has 0 bridgehead atoms. The number of methoxy groups -OCH3 is 2. The molecule has 0 amide bonds. The average molecular weight is 270 g/mol. The van der Waals surface area contributed by atoms with Gasteiger partial charge in [-0.1, -0.05) is 6.07 Å². The molecule has 1 aliphatic rings. The highest BCUT2D eigenvalue weighted by molar-refractivity contribution is 5.56. The highest BCUT2D eigenvalue weighted by Gasteiger charge is 2.23. The van der Waals surface area contributed by atoms with Gasteiger partial charge in [0.2, 0.25) is 0 Å². The molecule has 1 atom stereocenters. The van der Waals surface area contributed by atoms with E-state index in [4.69, 9.17) is 9.47 Å². The molecule has 0 radical (unpaired) electrons. The molecule has 0 fully saturated rings. The normalized spacial score (nSPS) is 16.6. The first-order valence-corrected chi connectivity index (χ1v) is 6.74. The number of hydrogen-bond acceptors (Lipinski definition) is 4. The van der Waals surface area contributed by atoms with E-state index in [9.17, 15) is 0 Å². The summed E-state index contributed by atoms with van der Waals surface area (Å²) >= 11 is 0. The summed E-state index contributed by atoms with van der Waals surface area (Å²) in [6, 6.07) is 10.3. The molecule has 1 N–H and O–H groups in total. The summed E-state index contributed by atoms with van der Waals surface area (Å²) in [5.41, 5.74) is 3.51. The van der Waals surface area contributed by atoms with Gasteiger partial charge in [0.1, 0.15) is 0 Å². The van der Waals surface area contributed by atoms with Crippen molar-refractivity contribution in [3.8, 4) is 11.5 Å². The Balaban J connectivity index is 1.82. The summed E-state index contributed by atoms with van der Waals surface area (Å²) in [6.07, 6.45) is 4.00. The van der Waals surface area contributed by atoms with Crippen LogP contribution in [-0.4, -0.2) is 19.2 Å². The molecule has 0 spiro atoms. The van der Waals surface area contributed by atoms with Gasteiger partial charge in [-0.2, -0.15) is 0 Å². The van der Waals surface area contributed by atoms with Gasteiger partial charge in [-0.25, -0.2) is 0 Å². The number of aromatic nitrogens is 1. The number of fused-ring (bicyclic) bond motifs is 1. The second-order valence-corrected chi connectivity index (χ2v) is 4.85. The van der Waals surface area contributed by atoms with E-state index in [1.54, 1.807) is 14.2 Å². The maximum atomic E-state index is 5.33. The molecule has 104 valence electrons. The van der Waals surface area contributed by atoms with Crippen molar-refractivity contribution in [3.05, 3.63) is 47.8 Å². The van der Waals surface area contributed by atoms with Crippen molar-refractivity contribution in [2.24, 2.45) is 0 Å². The largest absolute Gasteiger partial charge is 0.493 e. The molecule has 0 aliphatic heterocycles. The maximum absolute atomic E-state index is 5.33. The molecule has 4 nitrogen and oxygen atoms in total. The third-order valence-electron chi connectivity index (χ3n) is 3.68. The van der Waals surface area contributed by atoms with Gasteiger partial charge in [-0.15, -0.1) is 0 Å². The Morgan fingerprint density at radius 3 is 2.80 bits per heavy atom. The van der Waals surface area contributed by atoms with Crippen molar-refractivity contribution in [2.45, 2.75) is 18.9 Å². The molecule has 1 aromatic carbocycles. The van der Waals surface area contributed by atoms with Crippen LogP contribution in [0.15, 0.2) is 36.5 Å². The zero-order valence-electron chi connectivity index (χ0n) is 11.7. The minimum Gasteiger partial charge on any atom is -0.493 e. The van der Waals surface area contributed by atoms with Crippen LogP contribution in [0.2, 0.25) is 0 Å². The van der Waals surface area contributed by atoms with Gasteiger partial charge in [0.25, 0.3) is 0 Å². The number of benzene rings is 1. The molecule has 0 saturated carbocycles. The van der Waals surface area contributed by atoms with Crippen LogP contribution in [-0.2, 0) is 6.42 Å². The predicted molar refractivity (Wildman–Crippen MR) is 78.5 cm³/mol. The van der Waals surface area contributed by atoms with E-state index >= 15 is 0 Å². The summed E-state index contributed by atoms with van der Waals surface area (Å²) in [5, 5.41) is 3.53. The van der Waals surface area contributed by atoms with Gasteiger partial charge < -0.3 is 14.8 Å². The van der Waals surface area contributed by atoms with Crippen LogP contribution in [0, 0.1) is 0 Å². The predicted octanol–water partition coefficient (Wildman–Crippen LogP) is 3.20. The lowest BCUT2D eigenvalue weighted by molar-refractivity contribution is 0.355. The minimum atomic E-state index is 0.268. The number of nitrogens with zero attached hydrogens (tertiary/aromatic N) is 1. The molecule has 4 heteroatoms. The number of pyridine rings is 1. The van der Waals surface area contributed by atoms with E-state index in [1.165, 1.54) is 5.56 Å². The lowest BCUT2D eigenvalue weighted by Gasteiger charge is -2.16. The Labute approximate surface area is 118 Å². The fourth-order valence-electron chi connectivity index (χ4n) is 2.68. The molecule has 1 aliphatic carbocycles. The van der Waals surface area contributed by atoms with Crippen LogP contribution in [0.3, 0.4) is 0 Å². The number of hydrogen-bond donors (Lipinski definition) is 1. The van der Waals surface area contributed by atoms with Crippen molar-refractivity contribution >= 4 is 5.69 Å². The van der Waals surface area contributed by atoms with Crippen molar-refractivity contribution in [3.63, 3.8) is 0 Å². The highest BCUT2D eigenvalue weighted by Crippen LogP contribution is 2.35. The standard InChI is InChI=1S/C16H18N2O2/c1-19-14-8-6-12(10-15(14)20-2)18-13-7-5-11-4-3-9-17-16(11)13/h3-4,6,8-10,13,18H,5,7H2,1-2H3. The number of rotatable bonds is 4. The second kappa shape index (κ2) is 5.41. The number of nitrogens with one attached hydrogen (secondary N) is 1. The first kappa shape index (κ1) is 12.8. The highest BCUT2D eigenvalue weighted by atomic mass is 16.5. The van der Waals surface area contributed by atoms with E-state index in [0.29, 0.717) is 0 Å². The molecule has 1 heterocycles. The molecular formula is C16H18N2O2. The molecule has 2 aromatic rings. The van der Waals surface area contributed by atoms with Crippen LogP contribution in [0.25, 0.3) is 0 Å². The van der Waals surface area contributed by atoms with Crippen molar-refractivity contribution < 1.29 is 9.47 Å². The molecular weight excluding hydrogens is 252 g/mol. The summed E-state index contributed by atoms with van der Waals surface area (Å²) in [4.78, 5) is 4.49. The number of aryl methyl sites for hydroxylation is 1. The third kappa shape index (κ3) is 2.29. The van der Waals surface area contributed by atoms with Crippen molar-refractivity contribution in [2.75, 3.05) is 19.5 Å². The fraction of sp³-hybridized carbons (Fsp3) is 0.312. The Hall–Kier alpha value is -2.23. The summed E-state index contributed by atoms with van der Waals surface area (Å²) in [5.74, 6) is 1.47. The van der Waals surface area contributed by atoms with Crippen LogP contribution >= 0.6 is 0 Å². The SMILES string of the molecule is COc1ccc(NC2CCc3cccnc32)cc1OC. The van der Waals surface area contributed by atoms with Crippen LogP contribution < -0.4 is 14.8 Å². The quantitative estimate of drug-likeness (QED) is 0.926. The lowest BCUT2D eigenvalue weighted by atomic mass is 10.2. The minimum absolute atomic E-state index is 0.268. The Morgan fingerprint density at radius 2 is 2.00 bits per heavy atom. The topological polar surface area (TPSA) is 43.4 Å². The number of anilines is 1. The second-order valence-electron chi connectivity index (χ2n) is 4.85. The lowest BCUT2D eigenvalue weighted by Crippen LogP contribution is -2.08. The van der Waals surface area contributed by atoms with Gasteiger partial charge in [-0.05, 0) is 36.6 Å². The van der Waals surface area contributed by atoms with Gasteiger partial charge in [0.05, 0.1) is 26.0 Å². The van der Waals surface area contributed by atoms with Gasteiger partial charge in [0, 0.05) is 18.0 Å². The van der Waals surface area contributed by atoms with Crippen LogP contribution in [0.1, 0.15) is 23.7 Å². The average Bonchev–Trinajstić information content (AvgIpc) is 2.90.